The number of hydrogen-bond donors (Lipinski definition) is 0. The zero-order valence-corrected chi connectivity index (χ0v) is 14.2. The van der Waals surface area contributed by atoms with Gasteiger partial charge in [-0.3, -0.25) is 0 Å². The summed E-state index contributed by atoms with van der Waals surface area (Å²) in [4.78, 5) is 0. The minimum atomic E-state index is 1.25. The van der Waals surface area contributed by atoms with Crippen molar-refractivity contribution in [1.29, 1.82) is 0 Å². The van der Waals surface area contributed by atoms with Crippen LogP contribution in [0, 0.1) is 20.8 Å². The quantitative estimate of drug-likeness (QED) is 0.539. The van der Waals surface area contributed by atoms with Crippen LogP contribution in [0.3, 0.4) is 0 Å². The van der Waals surface area contributed by atoms with Crippen molar-refractivity contribution in [2.75, 3.05) is 0 Å². The molecule has 0 bridgehead atoms. The molecule has 0 aromatic heterocycles. The SMILES string of the molecule is CC.CCC.Cc1ccccc1-c1cccc(C)c1C. The fourth-order valence-corrected chi connectivity index (χ4v) is 1.92. The second kappa shape index (κ2) is 10.3. The van der Waals surface area contributed by atoms with E-state index in [2.05, 4.69) is 77.1 Å². The van der Waals surface area contributed by atoms with Gasteiger partial charge in [0.1, 0.15) is 0 Å². The summed E-state index contributed by atoms with van der Waals surface area (Å²) < 4.78 is 0. The Kier molecular flexibility index (Phi) is 9.45. The smallest absolute Gasteiger partial charge is 0.0149 e. The van der Waals surface area contributed by atoms with Crippen LogP contribution in [-0.2, 0) is 0 Å². The second-order valence-corrected chi connectivity index (χ2v) is 4.77. The molecule has 0 saturated carbocycles. The fraction of sp³-hybridized carbons (Fsp3) is 0.400. The summed E-state index contributed by atoms with van der Waals surface area (Å²) in [5.41, 5.74) is 6.78. The maximum Gasteiger partial charge on any atom is -0.0149 e. The molecule has 2 aromatic carbocycles. The average molecular weight is 270 g/mol. The Morgan fingerprint density at radius 3 is 1.65 bits per heavy atom. The van der Waals surface area contributed by atoms with Crippen LogP contribution in [0.4, 0.5) is 0 Å². The van der Waals surface area contributed by atoms with Gasteiger partial charge in [0.05, 0.1) is 0 Å². The molecule has 0 radical (unpaired) electrons. The summed E-state index contributed by atoms with van der Waals surface area (Å²) in [5, 5.41) is 0. The maximum atomic E-state index is 2.20. The van der Waals surface area contributed by atoms with Crippen molar-refractivity contribution >= 4 is 0 Å². The molecule has 0 heterocycles. The normalized spacial score (nSPS) is 8.95. The lowest BCUT2D eigenvalue weighted by molar-refractivity contribution is 1.09. The van der Waals surface area contributed by atoms with E-state index in [0.29, 0.717) is 0 Å². The molecule has 0 nitrogen and oxygen atoms in total. The molecule has 0 heteroatoms. The van der Waals surface area contributed by atoms with Gasteiger partial charge in [0.2, 0.25) is 0 Å². The Morgan fingerprint density at radius 2 is 1.10 bits per heavy atom. The summed E-state index contributed by atoms with van der Waals surface area (Å²) in [7, 11) is 0. The number of aryl methyl sites for hydroxylation is 2. The lowest BCUT2D eigenvalue weighted by Crippen LogP contribution is -1.88. The standard InChI is InChI=1S/C15H16.C3H8.C2H6/c1-11-8-6-10-15(13(11)3)14-9-5-4-7-12(14)2;1-3-2;1-2/h4-10H,1-3H3;3H2,1-2H3;1-2H3. The highest BCUT2D eigenvalue weighted by molar-refractivity contribution is 5.71. The topological polar surface area (TPSA) is 0 Å². The summed E-state index contributed by atoms with van der Waals surface area (Å²) in [6, 6.07) is 15.0. The van der Waals surface area contributed by atoms with Gasteiger partial charge in [0.25, 0.3) is 0 Å². The zero-order valence-electron chi connectivity index (χ0n) is 14.2. The third kappa shape index (κ3) is 5.21. The molecule has 2 rings (SSSR count). The molecule has 0 N–H and O–H groups in total. The summed E-state index contributed by atoms with van der Waals surface area (Å²) in [6.07, 6.45) is 1.25. The Labute approximate surface area is 125 Å². The summed E-state index contributed by atoms with van der Waals surface area (Å²) in [5.74, 6) is 0. The van der Waals surface area contributed by atoms with Crippen LogP contribution in [0.1, 0.15) is 50.8 Å². The third-order valence-electron chi connectivity index (χ3n) is 3.04. The van der Waals surface area contributed by atoms with Crippen molar-refractivity contribution in [3.8, 4) is 11.1 Å². The van der Waals surface area contributed by atoms with Gasteiger partial charge in [0, 0.05) is 0 Å². The molecule has 0 fully saturated rings. The fourth-order valence-electron chi connectivity index (χ4n) is 1.92. The molecule has 0 aliphatic rings. The van der Waals surface area contributed by atoms with Gasteiger partial charge in [-0.15, -0.1) is 0 Å². The highest BCUT2D eigenvalue weighted by atomic mass is 14.1. The van der Waals surface area contributed by atoms with Crippen LogP contribution in [-0.4, -0.2) is 0 Å². The average Bonchev–Trinajstić information content (AvgIpc) is 2.46. The number of hydrogen-bond acceptors (Lipinski definition) is 0. The van der Waals surface area contributed by atoms with Crippen molar-refractivity contribution in [3.05, 3.63) is 59.2 Å². The van der Waals surface area contributed by atoms with Gasteiger partial charge in [-0.05, 0) is 48.6 Å². The molecule has 0 aliphatic carbocycles. The highest BCUT2D eigenvalue weighted by Gasteiger charge is 2.04. The van der Waals surface area contributed by atoms with E-state index in [9.17, 15) is 0 Å². The second-order valence-electron chi connectivity index (χ2n) is 4.77. The molecule has 0 aliphatic heterocycles. The molecule has 20 heavy (non-hydrogen) atoms. The first-order valence-corrected chi connectivity index (χ1v) is 7.74. The van der Waals surface area contributed by atoms with Crippen LogP contribution in [0.25, 0.3) is 11.1 Å². The predicted octanol–water partition coefficient (Wildman–Crippen LogP) is 6.72. The van der Waals surface area contributed by atoms with Crippen LogP contribution in [0.5, 0.6) is 0 Å². The Bertz CT molecular complexity index is 495. The first kappa shape index (κ1) is 18.4. The van der Waals surface area contributed by atoms with Crippen LogP contribution in [0.2, 0.25) is 0 Å². The molecule has 0 unspecified atom stereocenters. The Hall–Kier alpha value is -1.56. The molecule has 0 spiro atoms. The zero-order chi connectivity index (χ0) is 15.5. The van der Waals surface area contributed by atoms with E-state index >= 15 is 0 Å². The number of rotatable bonds is 1. The third-order valence-corrected chi connectivity index (χ3v) is 3.04. The summed E-state index contributed by atoms with van der Waals surface area (Å²) >= 11 is 0. The van der Waals surface area contributed by atoms with Crippen molar-refractivity contribution in [2.45, 2.75) is 54.9 Å². The van der Waals surface area contributed by atoms with Crippen molar-refractivity contribution in [2.24, 2.45) is 0 Å². The van der Waals surface area contributed by atoms with Gasteiger partial charge >= 0.3 is 0 Å². The first-order valence-electron chi connectivity index (χ1n) is 7.74. The van der Waals surface area contributed by atoms with E-state index in [0.717, 1.165) is 0 Å². The minimum Gasteiger partial charge on any atom is -0.0683 e. The van der Waals surface area contributed by atoms with E-state index in [-0.39, 0.29) is 0 Å². The maximum absolute atomic E-state index is 2.20. The predicted molar refractivity (Wildman–Crippen MR) is 93.4 cm³/mol. The van der Waals surface area contributed by atoms with E-state index in [1.807, 2.05) is 13.8 Å². The Balaban J connectivity index is 0.000000641. The largest absolute Gasteiger partial charge is 0.0683 e. The van der Waals surface area contributed by atoms with Crippen molar-refractivity contribution in [1.82, 2.24) is 0 Å². The Morgan fingerprint density at radius 1 is 0.650 bits per heavy atom. The molecule has 110 valence electrons. The molecule has 0 atom stereocenters. The van der Waals surface area contributed by atoms with Gasteiger partial charge in [-0.2, -0.15) is 0 Å². The van der Waals surface area contributed by atoms with E-state index in [4.69, 9.17) is 0 Å². The molecule has 2 aromatic rings. The monoisotopic (exact) mass is 270 g/mol. The summed E-state index contributed by atoms with van der Waals surface area (Å²) in [6.45, 7) is 14.8. The molecule has 0 saturated heterocycles. The van der Waals surface area contributed by atoms with Crippen LogP contribution >= 0.6 is 0 Å². The van der Waals surface area contributed by atoms with Crippen molar-refractivity contribution in [3.63, 3.8) is 0 Å². The molecular formula is C20H30. The molecular weight excluding hydrogens is 240 g/mol. The van der Waals surface area contributed by atoms with Crippen LogP contribution < -0.4 is 0 Å². The van der Waals surface area contributed by atoms with Gasteiger partial charge in [0.15, 0.2) is 0 Å². The van der Waals surface area contributed by atoms with Gasteiger partial charge in [-0.25, -0.2) is 0 Å². The van der Waals surface area contributed by atoms with Crippen molar-refractivity contribution < 1.29 is 0 Å². The van der Waals surface area contributed by atoms with Gasteiger partial charge in [-0.1, -0.05) is 76.6 Å². The van der Waals surface area contributed by atoms with Crippen LogP contribution in [0.15, 0.2) is 42.5 Å². The first-order chi connectivity index (χ1) is 9.61. The minimum absolute atomic E-state index is 1.25. The van der Waals surface area contributed by atoms with E-state index in [1.54, 1.807) is 0 Å². The van der Waals surface area contributed by atoms with E-state index in [1.165, 1.54) is 34.2 Å². The van der Waals surface area contributed by atoms with Gasteiger partial charge < -0.3 is 0 Å². The lowest BCUT2D eigenvalue weighted by atomic mass is 9.94. The van der Waals surface area contributed by atoms with E-state index < -0.39 is 0 Å². The lowest BCUT2D eigenvalue weighted by Gasteiger charge is -2.10. The number of benzene rings is 2. The highest BCUT2D eigenvalue weighted by Crippen LogP contribution is 2.27. The molecule has 0 amide bonds.